The van der Waals surface area contributed by atoms with Crippen molar-refractivity contribution in [3.63, 3.8) is 0 Å². The van der Waals surface area contributed by atoms with Crippen molar-refractivity contribution in [2.24, 2.45) is 5.10 Å². The number of hydrogen-bond donors (Lipinski definition) is 2. The van der Waals surface area contributed by atoms with Crippen molar-refractivity contribution in [1.82, 2.24) is 5.43 Å². The van der Waals surface area contributed by atoms with Gasteiger partial charge < -0.3 is 10.1 Å². The second-order valence-electron chi connectivity index (χ2n) is 6.29. The number of rotatable bonds is 7. The van der Waals surface area contributed by atoms with E-state index >= 15 is 0 Å². The third-order valence-corrected chi connectivity index (χ3v) is 4.55. The van der Waals surface area contributed by atoms with Crippen LogP contribution in [0.2, 0.25) is 5.02 Å². The van der Waals surface area contributed by atoms with Crippen molar-refractivity contribution < 1.29 is 14.3 Å². The van der Waals surface area contributed by atoms with Crippen molar-refractivity contribution >= 4 is 50.7 Å². The average Bonchev–Trinajstić information content (AvgIpc) is 2.61. The fourth-order valence-electron chi connectivity index (χ4n) is 2.29. The summed E-state index contributed by atoms with van der Waals surface area (Å²) in [4.78, 5) is 24.0. The molecular formula is C20H21BrClN3O3. The predicted molar refractivity (Wildman–Crippen MR) is 115 cm³/mol. The maximum absolute atomic E-state index is 12.1. The lowest BCUT2D eigenvalue weighted by Gasteiger charge is -2.09. The van der Waals surface area contributed by atoms with E-state index in [0.717, 1.165) is 15.6 Å². The maximum Gasteiger partial charge on any atom is 0.277 e. The molecule has 148 valence electrons. The third kappa shape index (κ3) is 6.98. The summed E-state index contributed by atoms with van der Waals surface area (Å²) in [7, 11) is 0. The van der Waals surface area contributed by atoms with E-state index in [4.69, 9.17) is 16.3 Å². The van der Waals surface area contributed by atoms with Gasteiger partial charge in [-0.25, -0.2) is 5.43 Å². The molecule has 2 amide bonds. The number of carbonyl (C=O) groups is 2. The molecule has 0 aliphatic carbocycles. The van der Waals surface area contributed by atoms with Gasteiger partial charge in [0.1, 0.15) is 5.75 Å². The van der Waals surface area contributed by atoms with Crippen LogP contribution in [-0.2, 0) is 9.59 Å². The van der Waals surface area contributed by atoms with E-state index in [1.54, 1.807) is 31.2 Å². The molecule has 2 aromatic rings. The molecule has 28 heavy (non-hydrogen) atoms. The highest BCUT2D eigenvalue weighted by Gasteiger charge is 2.09. The molecule has 0 heterocycles. The first-order chi connectivity index (χ1) is 13.2. The first kappa shape index (κ1) is 21.9. The van der Waals surface area contributed by atoms with Gasteiger partial charge in [0, 0.05) is 16.4 Å². The highest BCUT2D eigenvalue weighted by molar-refractivity contribution is 9.10. The molecule has 2 N–H and O–H groups in total. The Morgan fingerprint density at radius 2 is 1.89 bits per heavy atom. The van der Waals surface area contributed by atoms with Crippen LogP contribution in [0.3, 0.4) is 0 Å². The zero-order valence-corrected chi connectivity index (χ0v) is 18.1. The number of aryl methyl sites for hydroxylation is 2. The number of carbonyl (C=O) groups excluding carboxylic acids is 2. The zero-order valence-electron chi connectivity index (χ0n) is 15.8. The number of nitrogens with one attached hydrogen (secondary N) is 2. The van der Waals surface area contributed by atoms with E-state index in [0.29, 0.717) is 22.2 Å². The van der Waals surface area contributed by atoms with Crippen molar-refractivity contribution in [3.05, 3.63) is 57.0 Å². The minimum atomic E-state index is -0.416. The molecule has 0 aliphatic heterocycles. The van der Waals surface area contributed by atoms with Gasteiger partial charge in [-0.05, 0) is 78.2 Å². The van der Waals surface area contributed by atoms with Gasteiger partial charge >= 0.3 is 0 Å². The summed E-state index contributed by atoms with van der Waals surface area (Å²) >= 11 is 9.29. The largest absolute Gasteiger partial charge is 0.483 e. The first-order valence-electron chi connectivity index (χ1n) is 8.51. The lowest BCUT2D eigenvalue weighted by Crippen LogP contribution is -2.26. The van der Waals surface area contributed by atoms with Gasteiger partial charge in [0.15, 0.2) is 6.61 Å². The lowest BCUT2D eigenvalue weighted by atomic mass is 10.2. The Balaban J connectivity index is 1.80. The first-order valence-corrected chi connectivity index (χ1v) is 9.68. The molecule has 0 radical (unpaired) electrons. The van der Waals surface area contributed by atoms with Gasteiger partial charge in [-0.1, -0.05) is 17.7 Å². The zero-order chi connectivity index (χ0) is 20.7. The lowest BCUT2D eigenvalue weighted by molar-refractivity contribution is -0.123. The Bertz CT molecular complexity index is 916. The minimum absolute atomic E-state index is 0.0483. The van der Waals surface area contributed by atoms with Crippen LogP contribution in [-0.4, -0.2) is 24.1 Å². The molecular weight excluding hydrogens is 446 g/mol. The van der Waals surface area contributed by atoms with Crippen molar-refractivity contribution in [2.45, 2.75) is 27.2 Å². The number of benzene rings is 2. The number of nitrogens with zero attached hydrogens (tertiary/aromatic N) is 1. The summed E-state index contributed by atoms with van der Waals surface area (Å²) in [5.41, 5.74) is 5.48. The van der Waals surface area contributed by atoms with Gasteiger partial charge in [0.05, 0.1) is 10.9 Å². The van der Waals surface area contributed by atoms with Crippen LogP contribution in [0.5, 0.6) is 5.75 Å². The van der Waals surface area contributed by atoms with Crippen LogP contribution >= 0.6 is 27.5 Å². The molecule has 6 nitrogen and oxygen atoms in total. The van der Waals surface area contributed by atoms with Crippen LogP contribution in [0.15, 0.2) is 46.0 Å². The highest BCUT2D eigenvalue weighted by Crippen LogP contribution is 2.25. The number of hydrogen-bond acceptors (Lipinski definition) is 4. The molecule has 0 fully saturated rings. The SMILES string of the molecule is C/C(CC(=O)Nc1ccc(Cl)cc1C)=N/NC(=O)COc1ccc(C)cc1Br. The van der Waals surface area contributed by atoms with Crippen molar-refractivity contribution in [2.75, 3.05) is 11.9 Å². The van der Waals surface area contributed by atoms with Crippen LogP contribution in [0.25, 0.3) is 0 Å². The molecule has 0 bridgehead atoms. The Kier molecular flexibility index (Phi) is 8.02. The van der Waals surface area contributed by atoms with E-state index in [9.17, 15) is 9.59 Å². The maximum atomic E-state index is 12.1. The fraction of sp³-hybridized carbons (Fsp3) is 0.250. The van der Waals surface area contributed by atoms with E-state index in [2.05, 4.69) is 31.8 Å². The summed E-state index contributed by atoms with van der Waals surface area (Å²) in [6.07, 6.45) is 0.0483. The standard InChI is InChI=1S/C20H21BrClN3O3/c1-12-4-7-18(16(21)8-12)28-11-20(27)25-24-14(3)10-19(26)23-17-6-5-15(22)9-13(17)2/h4-9H,10-11H2,1-3H3,(H,23,26)(H,25,27)/b24-14-. The Morgan fingerprint density at radius 3 is 2.57 bits per heavy atom. The number of anilines is 1. The van der Waals surface area contributed by atoms with Crippen LogP contribution < -0.4 is 15.5 Å². The number of hydrazone groups is 1. The normalized spacial score (nSPS) is 11.1. The Hall–Kier alpha value is -2.38. The smallest absolute Gasteiger partial charge is 0.277 e. The second kappa shape index (κ2) is 10.2. The second-order valence-corrected chi connectivity index (χ2v) is 7.58. The monoisotopic (exact) mass is 465 g/mol. The molecule has 2 aromatic carbocycles. The molecule has 0 aliphatic rings. The summed E-state index contributed by atoms with van der Waals surface area (Å²) < 4.78 is 6.22. The van der Waals surface area contributed by atoms with Gasteiger partial charge in [-0.15, -0.1) is 0 Å². The molecule has 8 heteroatoms. The number of ether oxygens (including phenoxy) is 1. The highest BCUT2D eigenvalue weighted by atomic mass is 79.9. The number of halogens is 2. The van der Waals surface area contributed by atoms with Gasteiger partial charge in [0.2, 0.25) is 5.91 Å². The molecule has 0 unspecified atom stereocenters. The topological polar surface area (TPSA) is 79.8 Å². The minimum Gasteiger partial charge on any atom is -0.483 e. The van der Waals surface area contributed by atoms with Gasteiger partial charge in [-0.3, -0.25) is 9.59 Å². The molecule has 0 atom stereocenters. The van der Waals surface area contributed by atoms with Crippen LogP contribution in [0.4, 0.5) is 5.69 Å². The molecule has 2 rings (SSSR count). The van der Waals surface area contributed by atoms with Crippen LogP contribution in [0, 0.1) is 13.8 Å². The quantitative estimate of drug-likeness (QED) is 0.461. The summed E-state index contributed by atoms with van der Waals surface area (Å²) in [6, 6.07) is 10.8. The molecule has 0 aromatic heterocycles. The number of amides is 2. The average molecular weight is 467 g/mol. The van der Waals surface area contributed by atoms with E-state index in [1.165, 1.54) is 0 Å². The van der Waals surface area contributed by atoms with E-state index in [-0.39, 0.29) is 18.9 Å². The summed E-state index contributed by atoms with van der Waals surface area (Å²) in [6.45, 7) is 5.29. The molecule has 0 spiro atoms. The van der Waals surface area contributed by atoms with E-state index < -0.39 is 5.91 Å². The summed E-state index contributed by atoms with van der Waals surface area (Å²) in [5.74, 6) is -0.0827. The molecule has 0 saturated carbocycles. The van der Waals surface area contributed by atoms with E-state index in [1.807, 2.05) is 26.0 Å². The van der Waals surface area contributed by atoms with Crippen molar-refractivity contribution in [1.29, 1.82) is 0 Å². The Labute approximate surface area is 177 Å². The summed E-state index contributed by atoms with van der Waals surface area (Å²) in [5, 5.41) is 7.33. The third-order valence-electron chi connectivity index (χ3n) is 3.70. The Morgan fingerprint density at radius 1 is 1.14 bits per heavy atom. The van der Waals surface area contributed by atoms with Crippen LogP contribution in [0.1, 0.15) is 24.5 Å². The molecule has 0 saturated heterocycles. The van der Waals surface area contributed by atoms with Crippen molar-refractivity contribution in [3.8, 4) is 5.75 Å². The van der Waals surface area contributed by atoms with Gasteiger partial charge in [0.25, 0.3) is 5.91 Å². The van der Waals surface area contributed by atoms with Gasteiger partial charge in [-0.2, -0.15) is 5.10 Å². The fourth-order valence-corrected chi connectivity index (χ4v) is 3.12. The predicted octanol–water partition coefficient (Wildman–Crippen LogP) is 4.62.